The summed E-state index contributed by atoms with van der Waals surface area (Å²) < 4.78 is 5.95. The summed E-state index contributed by atoms with van der Waals surface area (Å²) in [6, 6.07) is 16.1. The number of aliphatic imine (C=N–C) groups is 1. The van der Waals surface area contributed by atoms with Gasteiger partial charge in [-0.25, -0.2) is 0 Å². The van der Waals surface area contributed by atoms with E-state index in [-0.39, 0.29) is 11.8 Å². The number of para-hydroxylation sites is 2. The van der Waals surface area contributed by atoms with Crippen molar-refractivity contribution in [1.29, 1.82) is 0 Å². The lowest BCUT2D eigenvalue weighted by Gasteiger charge is -2.26. The van der Waals surface area contributed by atoms with Crippen LogP contribution in [0.4, 0.5) is 5.69 Å². The van der Waals surface area contributed by atoms with Crippen molar-refractivity contribution in [2.45, 2.75) is 32.1 Å². The van der Waals surface area contributed by atoms with Crippen LogP contribution >= 0.6 is 0 Å². The SMILES string of the molecule is CN=C(NCCOc1ccccc1C(C)C)NCC1CC(=O)Nc2ccccc21. The zero-order valence-electron chi connectivity index (χ0n) is 17.4. The van der Waals surface area contributed by atoms with Gasteiger partial charge in [-0.05, 0) is 29.2 Å². The first-order valence-electron chi connectivity index (χ1n) is 10.1. The summed E-state index contributed by atoms with van der Waals surface area (Å²) in [5.74, 6) is 2.22. The van der Waals surface area contributed by atoms with E-state index in [1.165, 1.54) is 5.56 Å². The fourth-order valence-corrected chi connectivity index (χ4v) is 3.54. The van der Waals surface area contributed by atoms with Crippen LogP contribution in [0.2, 0.25) is 0 Å². The summed E-state index contributed by atoms with van der Waals surface area (Å²) in [4.78, 5) is 16.2. The Hall–Kier alpha value is -3.02. The second kappa shape index (κ2) is 9.96. The van der Waals surface area contributed by atoms with Gasteiger partial charge >= 0.3 is 0 Å². The maximum absolute atomic E-state index is 12.0. The Kier molecular flexibility index (Phi) is 7.11. The van der Waals surface area contributed by atoms with Gasteiger partial charge in [0.25, 0.3) is 0 Å². The van der Waals surface area contributed by atoms with Crippen LogP contribution < -0.4 is 20.7 Å². The molecule has 0 aliphatic carbocycles. The van der Waals surface area contributed by atoms with E-state index in [1.54, 1.807) is 7.05 Å². The Morgan fingerprint density at radius 3 is 2.72 bits per heavy atom. The monoisotopic (exact) mass is 394 g/mol. The van der Waals surface area contributed by atoms with Gasteiger partial charge in [-0.15, -0.1) is 0 Å². The average molecular weight is 395 g/mol. The molecule has 0 radical (unpaired) electrons. The second-order valence-corrected chi connectivity index (χ2v) is 7.46. The number of carbonyl (C=O) groups excluding carboxylic acids is 1. The number of nitrogens with one attached hydrogen (secondary N) is 3. The number of guanidine groups is 1. The van der Waals surface area contributed by atoms with Crippen molar-refractivity contribution in [3.63, 3.8) is 0 Å². The number of nitrogens with zero attached hydrogens (tertiary/aromatic N) is 1. The van der Waals surface area contributed by atoms with E-state index in [1.807, 2.05) is 36.4 Å². The number of fused-ring (bicyclic) bond motifs is 1. The molecule has 0 bridgehead atoms. The zero-order valence-corrected chi connectivity index (χ0v) is 17.4. The Labute approximate surface area is 172 Å². The molecule has 154 valence electrons. The van der Waals surface area contributed by atoms with Crippen LogP contribution in [-0.4, -0.2) is 38.6 Å². The predicted molar refractivity (Wildman–Crippen MR) is 118 cm³/mol. The van der Waals surface area contributed by atoms with Crippen molar-refractivity contribution >= 4 is 17.6 Å². The third-order valence-corrected chi connectivity index (χ3v) is 5.04. The van der Waals surface area contributed by atoms with Crippen molar-refractivity contribution in [2.24, 2.45) is 4.99 Å². The molecule has 1 atom stereocenters. The number of hydrogen-bond donors (Lipinski definition) is 3. The number of hydrogen-bond acceptors (Lipinski definition) is 3. The fraction of sp³-hybridized carbons (Fsp3) is 0.391. The highest BCUT2D eigenvalue weighted by Crippen LogP contribution is 2.31. The lowest BCUT2D eigenvalue weighted by molar-refractivity contribution is -0.116. The predicted octanol–water partition coefficient (Wildman–Crippen LogP) is 3.48. The molecule has 0 spiro atoms. The summed E-state index contributed by atoms with van der Waals surface area (Å²) in [6.45, 7) is 6.14. The quantitative estimate of drug-likeness (QED) is 0.382. The first-order valence-corrected chi connectivity index (χ1v) is 10.1. The standard InChI is InChI=1S/C23H30N4O2/c1-16(2)18-8-5-7-11-21(18)29-13-12-25-23(24-3)26-15-17-14-22(28)27-20-10-6-4-9-19(17)20/h4-11,16-17H,12-15H2,1-3H3,(H,27,28)(H2,24,25,26). The largest absolute Gasteiger partial charge is 0.491 e. The minimum atomic E-state index is 0.0515. The lowest BCUT2D eigenvalue weighted by Crippen LogP contribution is -2.42. The Bertz CT molecular complexity index is 863. The van der Waals surface area contributed by atoms with E-state index >= 15 is 0 Å². The van der Waals surface area contributed by atoms with Gasteiger partial charge < -0.3 is 20.7 Å². The minimum Gasteiger partial charge on any atom is -0.491 e. The van der Waals surface area contributed by atoms with Crippen molar-refractivity contribution in [2.75, 3.05) is 32.1 Å². The average Bonchev–Trinajstić information content (AvgIpc) is 2.73. The molecule has 0 saturated carbocycles. The van der Waals surface area contributed by atoms with Gasteiger partial charge in [0.2, 0.25) is 5.91 Å². The molecule has 2 aromatic carbocycles. The number of ether oxygens (including phenoxy) is 1. The van der Waals surface area contributed by atoms with E-state index in [0.717, 1.165) is 17.0 Å². The van der Waals surface area contributed by atoms with E-state index in [4.69, 9.17) is 4.74 Å². The van der Waals surface area contributed by atoms with Crippen molar-refractivity contribution in [3.8, 4) is 5.75 Å². The van der Waals surface area contributed by atoms with Gasteiger partial charge in [0, 0.05) is 31.6 Å². The number of benzene rings is 2. The van der Waals surface area contributed by atoms with E-state index in [9.17, 15) is 4.79 Å². The van der Waals surface area contributed by atoms with Gasteiger partial charge in [0.15, 0.2) is 5.96 Å². The summed E-state index contributed by atoms with van der Waals surface area (Å²) >= 11 is 0. The highest BCUT2D eigenvalue weighted by atomic mass is 16.5. The van der Waals surface area contributed by atoms with Gasteiger partial charge in [0.1, 0.15) is 12.4 Å². The van der Waals surface area contributed by atoms with Crippen LogP contribution in [0.1, 0.15) is 43.2 Å². The summed E-state index contributed by atoms with van der Waals surface area (Å²) in [6.07, 6.45) is 0.468. The lowest BCUT2D eigenvalue weighted by atomic mass is 9.90. The third kappa shape index (κ3) is 5.50. The maximum atomic E-state index is 12.0. The fourth-order valence-electron chi connectivity index (χ4n) is 3.54. The summed E-state index contributed by atoms with van der Waals surface area (Å²) in [7, 11) is 1.74. The molecule has 29 heavy (non-hydrogen) atoms. The summed E-state index contributed by atoms with van der Waals surface area (Å²) in [5, 5.41) is 9.54. The van der Waals surface area contributed by atoms with Crippen molar-refractivity contribution < 1.29 is 9.53 Å². The number of anilines is 1. The Morgan fingerprint density at radius 2 is 1.93 bits per heavy atom. The molecule has 1 amide bonds. The maximum Gasteiger partial charge on any atom is 0.225 e. The van der Waals surface area contributed by atoms with E-state index < -0.39 is 0 Å². The molecule has 6 heteroatoms. The van der Waals surface area contributed by atoms with E-state index in [0.29, 0.717) is 38.0 Å². The zero-order chi connectivity index (χ0) is 20.6. The first-order chi connectivity index (χ1) is 14.1. The Balaban J connectivity index is 1.48. The molecular formula is C23H30N4O2. The molecule has 1 unspecified atom stereocenters. The van der Waals surface area contributed by atoms with Crippen LogP contribution in [0.5, 0.6) is 5.75 Å². The smallest absolute Gasteiger partial charge is 0.225 e. The molecule has 0 fully saturated rings. The summed E-state index contributed by atoms with van der Waals surface area (Å²) in [5.41, 5.74) is 3.27. The van der Waals surface area contributed by atoms with E-state index in [2.05, 4.69) is 46.9 Å². The third-order valence-electron chi connectivity index (χ3n) is 5.04. The molecule has 6 nitrogen and oxygen atoms in total. The molecule has 0 aromatic heterocycles. The van der Waals surface area contributed by atoms with Crippen molar-refractivity contribution in [3.05, 3.63) is 59.7 Å². The highest BCUT2D eigenvalue weighted by molar-refractivity contribution is 5.94. The minimum absolute atomic E-state index is 0.0515. The van der Waals surface area contributed by atoms with Crippen LogP contribution in [-0.2, 0) is 4.79 Å². The molecule has 3 N–H and O–H groups in total. The van der Waals surface area contributed by atoms with Crippen LogP contribution in [0.25, 0.3) is 0 Å². The number of amides is 1. The van der Waals surface area contributed by atoms with Gasteiger partial charge in [-0.2, -0.15) is 0 Å². The van der Waals surface area contributed by atoms with Crippen molar-refractivity contribution in [1.82, 2.24) is 10.6 Å². The molecule has 2 aromatic rings. The van der Waals surface area contributed by atoms with Crippen LogP contribution in [0.15, 0.2) is 53.5 Å². The second-order valence-electron chi connectivity index (χ2n) is 7.46. The molecule has 1 heterocycles. The van der Waals surface area contributed by atoms with Crippen LogP contribution in [0.3, 0.4) is 0 Å². The molecule has 0 saturated heterocycles. The molecular weight excluding hydrogens is 364 g/mol. The normalized spacial score (nSPS) is 16.2. The van der Waals surface area contributed by atoms with Gasteiger partial charge in [0.05, 0.1) is 6.54 Å². The number of rotatable bonds is 7. The van der Waals surface area contributed by atoms with Gasteiger partial charge in [-0.3, -0.25) is 9.79 Å². The topological polar surface area (TPSA) is 74.8 Å². The highest BCUT2D eigenvalue weighted by Gasteiger charge is 2.24. The first kappa shape index (κ1) is 20.7. The van der Waals surface area contributed by atoms with Gasteiger partial charge in [-0.1, -0.05) is 50.2 Å². The molecule has 1 aliphatic heterocycles. The molecule has 3 rings (SSSR count). The molecule has 1 aliphatic rings. The number of carbonyl (C=O) groups is 1. The Morgan fingerprint density at radius 1 is 1.17 bits per heavy atom. The van der Waals surface area contributed by atoms with Crippen LogP contribution in [0, 0.1) is 0 Å².